The molecule has 0 saturated heterocycles. The molecule has 3 aromatic rings. The molecule has 1 aromatic heterocycles. The highest BCUT2D eigenvalue weighted by Crippen LogP contribution is 2.21. The number of nitrogens with two attached hydrogens (primary N) is 1. The van der Waals surface area contributed by atoms with E-state index in [1.165, 1.54) is 7.11 Å². The van der Waals surface area contributed by atoms with Gasteiger partial charge in [0, 0.05) is 37.2 Å². The lowest BCUT2D eigenvalue weighted by Crippen LogP contribution is -2.30. The number of nitrogen functional groups attached to an aromatic ring is 1. The number of amidine groups is 1. The van der Waals surface area contributed by atoms with Crippen molar-refractivity contribution in [1.29, 1.82) is 5.41 Å². The molecule has 8 heteroatoms. The van der Waals surface area contributed by atoms with E-state index in [1.807, 2.05) is 36.4 Å². The minimum absolute atomic E-state index is 0. The highest BCUT2D eigenvalue weighted by molar-refractivity contribution is 5.94. The first-order chi connectivity index (χ1) is 13.1. The number of nitrogens with zero attached hydrogens (tertiary/aromatic N) is 1. The van der Waals surface area contributed by atoms with Gasteiger partial charge in [-0.05, 0) is 11.1 Å². The molecule has 0 unspecified atom stereocenters. The topological polar surface area (TPSA) is 117 Å². The summed E-state index contributed by atoms with van der Waals surface area (Å²) in [6, 6.07) is 14.7. The second-order valence-corrected chi connectivity index (χ2v) is 6.00. The van der Waals surface area contributed by atoms with Gasteiger partial charge >= 0.3 is 0 Å². The van der Waals surface area contributed by atoms with E-state index in [2.05, 4.69) is 15.3 Å². The van der Waals surface area contributed by atoms with Gasteiger partial charge in [0.15, 0.2) is 6.10 Å². The van der Waals surface area contributed by atoms with E-state index in [4.69, 9.17) is 15.9 Å². The summed E-state index contributed by atoms with van der Waals surface area (Å²) in [5.74, 6) is 0.566. The standard InChI is InChI=1S/C20H21N5O2.ClH/c1-27-17(14-6-8-16(9-7-14)19-23-10-11-24-19)20(26)25-12-13-2-4-15(5-3-13)18(21)22;/h2-11,17H,12H2,1H3,(H3,21,22)(H,23,24)(H,25,26);1H/t17-;/m0./s1. The highest BCUT2D eigenvalue weighted by atomic mass is 35.5. The van der Waals surface area contributed by atoms with E-state index in [-0.39, 0.29) is 24.1 Å². The van der Waals surface area contributed by atoms with Crippen LogP contribution < -0.4 is 11.1 Å². The third-order valence-electron chi connectivity index (χ3n) is 4.19. The van der Waals surface area contributed by atoms with Gasteiger partial charge in [0.2, 0.25) is 0 Å². The van der Waals surface area contributed by atoms with Crippen LogP contribution in [0.4, 0.5) is 0 Å². The fourth-order valence-corrected chi connectivity index (χ4v) is 2.72. The number of methoxy groups -OCH3 is 1. The van der Waals surface area contributed by atoms with Crippen LogP contribution in [0.2, 0.25) is 0 Å². The van der Waals surface area contributed by atoms with E-state index in [1.54, 1.807) is 24.5 Å². The Morgan fingerprint density at radius 1 is 1.21 bits per heavy atom. The lowest BCUT2D eigenvalue weighted by Gasteiger charge is -2.16. The minimum Gasteiger partial charge on any atom is -0.384 e. The van der Waals surface area contributed by atoms with Crippen LogP contribution in [0, 0.1) is 5.41 Å². The van der Waals surface area contributed by atoms with Gasteiger partial charge in [0.05, 0.1) is 0 Å². The lowest BCUT2D eigenvalue weighted by molar-refractivity contribution is -0.131. The number of rotatable bonds is 7. The highest BCUT2D eigenvalue weighted by Gasteiger charge is 2.20. The zero-order valence-corrected chi connectivity index (χ0v) is 16.1. The Morgan fingerprint density at radius 2 is 1.89 bits per heavy atom. The molecule has 0 aliphatic carbocycles. The summed E-state index contributed by atoms with van der Waals surface area (Å²) in [7, 11) is 1.51. The van der Waals surface area contributed by atoms with E-state index in [0.29, 0.717) is 12.1 Å². The fraction of sp³-hybridized carbons (Fsp3) is 0.150. The lowest BCUT2D eigenvalue weighted by atomic mass is 10.1. The van der Waals surface area contributed by atoms with Crippen molar-refractivity contribution in [3.05, 3.63) is 77.6 Å². The largest absolute Gasteiger partial charge is 0.384 e. The number of carbonyl (C=O) groups is 1. The number of ether oxygens (including phenoxy) is 1. The Kier molecular flexibility index (Phi) is 7.31. The average Bonchev–Trinajstić information content (AvgIpc) is 3.22. The van der Waals surface area contributed by atoms with Crippen molar-refractivity contribution < 1.29 is 9.53 Å². The molecule has 28 heavy (non-hydrogen) atoms. The van der Waals surface area contributed by atoms with Crippen LogP contribution in [-0.2, 0) is 16.1 Å². The maximum absolute atomic E-state index is 12.5. The number of aromatic nitrogens is 2. The van der Waals surface area contributed by atoms with E-state index in [9.17, 15) is 4.79 Å². The zero-order valence-electron chi connectivity index (χ0n) is 15.3. The van der Waals surface area contributed by atoms with Crippen LogP contribution in [0.15, 0.2) is 60.9 Å². The van der Waals surface area contributed by atoms with Crippen molar-refractivity contribution >= 4 is 24.1 Å². The van der Waals surface area contributed by atoms with Crippen LogP contribution in [0.5, 0.6) is 0 Å². The number of hydrogen-bond donors (Lipinski definition) is 4. The molecule has 2 aromatic carbocycles. The van der Waals surface area contributed by atoms with Gasteiger partial charge in [0.25, 0.3) is 5.91 Å². The van der Waals surface area contributed by atoms with Crippen molar-refractivity contribution in [2.24, 2.45) is 5.73 Å². The second kappa shape index (κ2) is 9.68. The van der Waals surface area contributed by atoms with Crippen molar-refractivity contribution in [3.63, 3.8) is 0 Å². The predicted molar refractivity (Wildman–Crippen MR) is 110 cm³/mol. The summed E-state index contributed by atoms with van der Waals surface area (Å²) >= 11 is 0. The number of imidazole rings is 1. The van der Waals surface area contributed by atoms with Crippen LogP contribution in [0.25, 0.3) is 11.4 Å². The molecular weight excluding hydrogens is 378 g/mol. The molecule has 1 atom stereocenters. The monoisotopic (exact) mass is 399 g/mol. The first kappa shape index (κ1) is 21.1. The molecule has 5 N–H and O–H groups in total. The molecular formula is C20H22ClN5O2. The Balaban J connectivity index is 0.00000280. The maximum atomic E-state index is 12.5. The van der Waals surface area contributed by atoms with E-state index < -0.39 is 6.10 Å². The van der Waals surface area contributed by atoms with Crippen molar-refractivity contribution in [2.45, 2.75) is 12.6 Å². The van der Waals surface area contributed by atoms with Crippen LogP contribution in [0.1, 0.15) is 22.8 Å². The summed E-state index contributed by atoms with van der Waals surface area (Å²) in [4.78, 5) is 19.8. The van der Waals surface area contributed by atoms with Crippen LogP contribution in [-0.4, -0.2) is 28.8 Å². The Hall–Kier alpha value is -3.16. The quantitative estimate of drug-likeness (QED) is 0.361. The van der Waals surface area contributed by atoms with Gasteiger partial charge in [-0.1, -0.05) is 48.5 Å². The number of aromatic amines is 1. The van der Waals surface area contributed by atoms with Gasteiger partial charge < -0.3 is 20.8 Å². The van der Waals surface area contributed by atoms with E-state index >= 15 is 0 Å². The van der Waals surface area contributed by atoms with Gasteiger partial charge in [-0.15, -0.1) is 12.4 Å². The zero-order chi connectivity index (χ0) is 19.2. The average molecular weight is 400 g/mol. The second-order valence-electron chi connectivity index (χ2n) is 6.00. The van der Waals surface area contributed by atoms with Gasteiger partial charge in [0.1, 0.15) is 11.7 Å². The maximum Gasteiger partial charge on any atom is 0.254 e. The minimum atomic E-state index is -0.702. The number of halogens is 1. The third kappa shape index (κ3) is 4.97. The fourth-order valence-electron chi connectivity index (χ4n) is 2.72. The molecule has 0 spiro atoms. The Labute approximate surface area is 169 Å². The number of amides is 1. The Morgan fingerprint density at radius 3 is 2.43 bits per heavy atom. The first-order valence-electron chi connectivity index (χ1n) is 8.42. The smallest absolute Gasteiger partial charge is 0.254 e. The van der Waals surface area contributed by atoms with Gasteiger partial charge in [-0.25, -0.2) is 4.98 Å². The summed E-state index contributed by atoms with van der Waals surface area (Å²) in [5.41, 5.74) is 8.70. The molecule has 1 heterocycles. The molecule has 0 aliphatic rings. The molecule has 1 amide bonds. The van der Waals surface area contributed by atoms with Crippen molar-refractivity contribution in [3.8, 4) is 11.4 Å². The molecule has 0 saturated carbocycles. The summed E-state index contributed by atoms with van der Waals surface area (Å²) in [6.45, 7) is 0.362. The van der Waals surface area contributed by atoms with Crippen molar-refractivity contribution in [1.82, 2.24) is 15.3 Å². The van der Waals surface area contributed by atoms with Crippen LogP contribution in [0.3, 0.4) is 0 Å². The molecule has 0 bridgehead atoms. The summed E-state index contributed by atoms with van der Waals surface area (Å²) in [6.07, 6.45) is 2.75. The normalized spacial score (nSPS) is 11.3. The van der Waals surface area contributed by atoms with Gasteiger partial charge in [-0.3, -0.25) is 10.2 Å². The number of carbonyl (C=O) groups excluding carboxylic acids is 1. The predicted octanol–water partition coefficient (Wildman–Crippen LogP) is 2.79. The molecule has 146 valence electrons. The number of hydrogen-bond acceptors (Lipinski definition) is 4. The molecule has 0 aliphatic heterocycles. The van der Waals surface area contributed by atoms with E-state index in [0.717, 1.165) is 22.5 Å². The summed E-state index contributed by atoms with van der Waals surface area (Å²) in [5, 5.41) is 10.3. The third-order valence-corrected chi connectivity index (χ3v) is 4.19. The SMILES string of the molecule is CO[C@H](C(=O)NCc1ccc(C(=N)N)cc1)c1ccc(-c2ncc[nH]2)cc1.Cl. The summed E-state index contributed by atoms with van der Waals surface area (Å²) < 4.78 is 5.39. The van der Waals surface area contributed by atoms with Crippen molar-refractivity contribution in [2.75, 3.05) is 7.11 Å². The number of H-pyrrole nitrogens is 1. The molecule has 7 nitrogen and oxygen atoms in total. The Bertz CT molecular complexity index is 909. The first-order valence-corrected chi connectivity index (χ1v) is 8.42. The number of nitrogens with one attached hydrogen (secondary N) is 3. The van der Waals surface area contributed by atoms with Crippen LogP contribution >= 0.6 is 12.4 Å². The molecule has 3 rings (SSSR count). The molecule has 0 radical (unpaired) electrons. The molecule has 0 fully saturated rings. The van der Waals surface area contributed by atoms with Gasteiger partial charge in [-0.2, -0.15) is 0 Å². The number of benzene rings is 2.